The van der Waals surface area contributed by atoms with Gasteiger partial charge in [0, 0.05) is 31.7 Å². The van der Waals surface area contributed by atoms with Crippen LogP contribution in [0.1, 0.15) is 23.1 Å². The Morgan fingerprint density at radius 3 is 2.38 bits per heavy atom. The normalized spacial score (nSPS) is 16.4. The molecule has 47 heavy (non-hydrogen) atoms. The van der Waals surface area contributed by atoms with Gasteiger partial charge in [-0.1, -0.05) is 24.3 Å². The Labute approximate surface area is 264 Å². The Balaban J connectivity index is 0.000000771. The third-order valence-electron chi connectivity index (χ3n) is 6.63. The van der Waals surface area contributed by atoms with Crippen LogP contribution in [-0.4, -0.2) is 72.4 Å². The number of ether oxygens (including phenoxy) is 3. The van der Waals surface area contributed by atoms with E-state index in [0.717, 1.165) is 0 Å². The molecule has 1 aliphatic rings. The number of aromatic nitrogens is 2. The van der Waals surface area contributed by atoms with Crippen LogP contribution in [0.25, 0.3) is 5.69 Å². The number of hydrogen-bond donors (Lipinski definition) is 4. The Morgan fingerprint density at radius 1 is 1.11 bits per heavy atom. The minimum Gasteiger partial charge on any atom is -0.476 e. The molecule has 258 valence electrons. The number of carbonyl (C=O) groups is 2. The first-order chi connectivity index (χ1) is 22.1. The third kappa shape index (κ3) is 11.3. The lowest BCUT2D eigenvalue weighted by Gasteiger charge is -2.26. The van der Waals surface area contributed by atoms with Crippen LogP contribution in [0, 0.1) is 12.8 Å². The van der Waals surface area contributed by atoms with Gasteiger partial charge < -0.3 is 30.0 Å². The molecule has 0 saturated carbocycles. The molecule has 1 fully saturated rings. The number of alkyl halides is 7. The number of nitrogens with zero attached hydrogens (tertiary/aromatic N) is 2. The van der Waals surface area contributed by atoms with Gasteiger partial charge in [0.05, 0.1) is 24.5 Å². The minimum absolute atomic E-state index is 0.113. The average Bonchev–Trinajstić information content (AvgIpc) is 3.31. The highest BCUT2D eigenvalue weighted by Gasteiger charge is 2.38. The zero-order valence-corrected chi connectivity index (χ0v) is 25.0. The summed E-state index contributed by atoms with van der Waals surface area (Å²) in [6.45, 7) is 2.71. The van der Waals surface area contributed by atoms with E-state index in [-0.39, 0.29) is 43.7 Å². The maximum Gasteiger partial charge on any atom is 0.573 e. The van der Waals surface area contributed by atoms with E-state index in [1.807, 2.05) is 6.07 Å². The highest BCUT2D eigenvalue weighted by atomic mass is 19.4. The van der Waals surface area contributed by atoms with Crippen LogP contribution in [0.15, 0.2) is 48.5 Å². The molecule has 0 radical (unpaired) electrons. The zero-order valence-electron chi connectivity index (χ0n) is 25.0. The molecule has 0 unspecified atom stereocenters. The lowest BCUT2D eigenvalue weighted by molar-refractivity contribution is -0.274. The molecule has 2 atom stereocenters. The lowest BCUT2D eigenvalue weighted by Crippen LogP contribution is -2.40. The molecule has 1 aliphatic heterocycles. The standard InChI is InChI=1S/C27H31F4N5O4.C2HF3O2/c1-17-24(34-26(37)33-13-20-12-18(15-38-2)8-9-23(20)40-27(29,30)31)36(21-6-4-3-5-7-21)35-25(17)39-16-19-10-11-32-14-22(19)28;3-2(4,5)1(6)7/h3-9,12,19,22,32H,10-11,13-16H2,1-2H3,(H2,33,34,37);(H,6,7)/t19-,22-;/m1./s1. The number of anilines is 1. The summed E-state index contributed by atoms with van der Waals surface area (Å²) >= 11 is 0. The fourth-order valence-corrected chi connectivity index (χ4v) is 4.34. The molecule has 0 spiro atoms. The molecule has 2 amide bonds. The number of amides is 2. The predicted octanol–water partition coefficient (Wildman–Crippen LogP) is 5.51. The van der Waals surface area contributed by atoms with Crippen LogP contribution in [0.4, 0.5) is 41.3 Å². The number of nitrogens with one attached hydrogen (secondary N) is 3. The van der Waals surface area contributed by atoms with Crippen molar-refractivity contribution in [1.82, 2.24) is 20.4 Å². The monoisotopic (exact) mass is 679 g/mol. The second-order valence-electron chi connectivity index (χ2n) is 10.1. The molecule has 1 aromatic heterocycles. The van der Waals surface area contributed by atoms with E-state index in [9.17, 15) is 35.5 Å². The summed E-state index contributed by atoms with van der Waals surface area (Å²) in [6, 6.07) is 12.4. The van der Waals surface area contributed by atoms with Gasteiger partial charge in [0.2, 0.25) is 5.88 Å². The first-order valence-corrected chi connectivity index (χ1v) is 13.9. The molecular weight excluding hydrogens is 647 g/mol. The maximum absolute atomic E-state index is 14.3. The number of carbonyl (C=O) groups excluding carboxylic acids is 1. The van der Waals surface area contributed by atoms with E-state index in [0.29, 0.717) is 35.6 Å². The predicted molar refractivity (Wildman–Crippen MR) is 153 cm³/mol. The molecule has 0 aliphatic carbocycles. The van der Waals surface area contributed by atoms with Gasteiger partial charge in [0.15, 0.2) is 0 Å². The Morgan fingerprint density at radius 2 is 1.79 bits per heavy atom. The SMILES string of the molecule is COCc1ccc(OC(F)(F)F)c(CNC(=O)Nc2c(C)c(OC[C@H]3CCNC[C@H]3F)nn2-c2ccccc2)c1.O=C(O)C(F)(F)F. The molecule has 4 N–H and O–H groups in total. The minimum atomic E-state index is -5.08. The first-order valence-electron chi connectivity index (χ1n) is 13.9. The van der Waals surface area contributed by atoms with Crippen molar-refractivity contribution < 1.29 is 59.6 Å². The molecule has 3 aromatic rings. The number of methoxy groups -OCH3 is 1. The number of aliphatic carboxylic acids is 1. The van der Waals surface area contributed by atoms with Crippen LogP contribution in [0.3, 0.4) is 0 Å². The number of carboxylic acids is 1. The number of halogens is 7. The Kier molecular flexibility index (Phi) is 12.8. The van der Waals surface area contributed by atoms with Crippen molar-refractivity contribution in [2.24, 2.45) is 5.92 Å². The van der Waals surface area contributed by atoms with Gasteiger partial charge in [-0.25, -0.2) is 18.7 Å². The smallest absolute Gasteiger partial charge is 0.476 e. The Bertz CT molecular complexity index is 1480. The van der Waals surface area contributed by atoms with Crippen LogP contribution in [-0.2, 0) is 22.7 Å². The van der Waals surface area contributed by atoms with Crippen molar-refractivity contribution in [3.05, 3.63) is 65.2 Å². The summed E-state index contributed by atoms with van der Waals surface area (Å²) in [4.78, 5) is 21.8. The number of hydrogen-bond acceptors (Lipinski definition) is 7. The van der Waals surface area contributed by atoms with Gasteiger partial charge in [0.25, 0.3) is 0 Å². The average molecular weight is 680 g/mol. The van der Waals surface area contributed by atoms with Gasteiger partial charge in [-0.2, -0.15) is 13.2 Å². The van der Waals surface area contributed by atoms with Crippen molar-refractivity contribution in [3.63, 3.8) is 0 Å². The van der Waals surface area contributed by atoms with E-state index in [4.69, 9.17) is 19.4 Å². The molecule has 4 rings (SSSR count). The number of benzene rings is 2. The third-order valence-corrected chi connectivity index (χ3v) is 6.63. The van der Waals surface area contributed by atoms with Gasteiger partial charge in [0.1, 0.15) is 17.7 Å². The zero-order chi connectivity index (χ0) is 34.8. The van der Waals surface area contributed by atoms with Gasteiger partial charge >= 0.3 is 24.5 Å². The van der Waals surface area contributed by atoms with Crippen molar-refractivity contribution >= 4 is 17.8 Å². The van der Waals surface area contributed by atoms with Crippen LogP contribution >= 0.6 is 0 Å². The summed E-state index contributed by atoms with van der Waals surface area (Å²) in [5.41, 5.74) is 1.86. The van der Waals surface area contributed by atoms with Crippen LogP contribution < -0.4 is 25.4 Å². The van der Waals surface area contributed by atoms with Gasteiger partial charge in [-0.3, -0.25) is 5.32 Å². The molecule has 0 bridgehead atoms. The summed E-state index contributed by atoms with van der Waals surface area (Å²) < 4.78 is 101. The maximum atomic E-state index is 14.3. The van der Waals surface area contributed by atoms with E-state index in [1.54, 1.807) is 31.2 Å². The lowest BCUT2D eigenvalue weighted by atomic mass is 9.97. The summed E-state index contributed by atoms with van der Waals surface area (Å²) in [5.74, 6) is -2.95. The topological polar surface area (TPSA) is 136 Å². The number of piperidine rings is 1. The summed E-state index contributed by atoms with van der Waals surface area (Å²) in [5, 5.41) is 19.9. The van der Waals surface area contributed by atoms with Crippen molar-refractivity contribution in [2.45, 2.75) is 45.2 Å². The number of rotatable bonds is 10. The molecular formula is C29H32F7N5O6. The number of para-hydroxylation sites is 1. The second kappa shape index (κ2) is 16.3. The van der Waals surface area contributed by atoms with Crippen molar-refractivity contribution in [3.8, 4) is 17.3 Å². The highest BCUT2D eigenvalue weighted by molar-refractivity contribution is 5.89. The van der Waals surface area contributed by atoms with Gasteiger partial charge in [-0.15, -0.1) is 18.3 Å². The van der Waals surface area contributed by atoms with E-state index in [2.05, 4.69) is 25.8 Å². The molecule has 11 nitrogen and oxygen atoms in total. The Hall–Kier alpha value is -4.58. The number of carboxylic acid groups (broad SMARTS) is 1. The van der Waals surface area contributed by atoms with Gasteiger partial charge in [-0.05, 0) is 49.7 Å². The fraction of sp³-hybridized carbons (Fsp3) is 0.414. The fourth-order valence-electron chi connectivity index (χ4n) is 4.34. The molecule has 2 heterocycles. The highest BCUT2D eigenvalue weighted by Crippen LogP contribution is 2.30. The van der Waals surface area contributed by atoms with E-state index in [1.165, 1.54) is 30.0 Å². The van der Waals surface area contributed by atoms with Crippen molar-refractivity contribution in [1.29, 1.82) is 0 Å². The van der Waals surface area contributed by atoms with Crippen molar-refractivity contribution in [2.75, 3.05) is 32.1 Å². The number of urea groups is 1. The molecule has 18 heteroatoms. The van der Waals surface area contributed by atoms with Crippen LogP contribution in [0.2, 0.25) is 0 Å². The first kappa shape index (κ1) is 36.9. The quantitative estimate of drug-likeness (QED) is 0.206. The summed E-state index contributed by atoms with van der Waals surface area (Å²) in [6.07, 6.45) is -10.4. The summed E-state index contributed by atoms with van der Waals surface area (Å²) in [7, 11) is 1.46. The molecule has 1 saturated heterocycles. The second-order valence-corrected chi connectivity index (χ2v) is 10.1. The largest absolute Gasteiger partial charge is 0.573 e. The molecule has 2 aromatic carbocycles. The van der Waals surface area contributed by atoms with Crippen LogP contribution in [0.5, 0.6) is 11.6 Å². The van der Waals surface area contributed by atoms with E-state index >= 15 is 0 Å². The van der Waals surface area contributed by atoms with E-state index < -0.39 is 36.5 Å².